The Hall–Kier alpha value is 0.690. The molecule has 1 nitrogen and oxygen atoms in total. The van der Waals surface area contributed by atoms with Crippen molar-refractivity contribution < 1.29 is 4.74 Å². The number of unbranched alkanes of at least 4 members (excludes halogenated alkanes) is 8. The van der Waals surface area contributed by atoms with Gasteiger partial charge in [-0.1, -0.05) is 87.3 Å². The van der Waals surface area contributed by atoms with Gasteiger partial charge in [0.25, 0.3) is 0 Å². The van der Waals surface area contributed by atoms with Gasteiger partial charge in [-0.15, -0.1) is 0 Å². The van der Waals surface area contributed by atoms with Gasteiger partial charge in [0.15, 0.2) is 0 Å². The molecule has 1 heterocycles. The maximum absolute atomic E-state index is 5.53. The smallest absolute Gasteiger partial charge is 0.0931 e. The largest absolute Gasteiger partial charge is 0.369 e. The number of hydrogen-bond acceptors (Lipinski definition) is 1. The van der Waals surface area contributed by atoms with E-state index in [2.05, 4.69) is 29.5 Å². The van der Waals surface area contributed by atoms with Crippen molar-refractivity contribution in [2.45, 2.75) is 83.3 Å². The monoisotopic (exact) mass is 338 g/mol. The number of ether oxygens (including phenoxy) is 1. The van der Waals surface area contributed by atoms with Crippen LogP contribution in [0.15, 0.2) is 0 Å². The van der Waals surface area contributed by atoms with Crippen molar-refractivity contribution in [2.75, 3.05) is 4.43 Å². The molecule has 0 aliphatic carbocycles. The quantitative estimate of drug-likeness (QED) is 0.221. The zero-order valence-corrected chi connectivity index (χ0v) is 12.9. The van der Waals surface area contributed by atoms with Crippen LogP contribution in [0.1, 0.15) is 71.1 Å². The Labute approximate surface area is 115 Å². The minimum Gasteiger partial charge on any atom is -0.369 e. The first-order chi connectivity index (χ1) is 7.88. The van der Waals surface area contributed by atoms with E-state index in [4.69, 9.17) is 4.74 Å². The predicted octanol–water partition coefficient (Wildman–Crippen LogP) is 5.11. The predicted molar refractivity (Wildman–Crippen MR) is 79.4 cm³/mol. The van der Waals surface area contributed by atoms with Crippen LogP contribution in [-0.2, 0) is 4.74 Å². The van der Waals surface area contributed by atoms with E-state index < -0.39 is 0 Å². The van der Waals surface area contributed by atoms with E-state index in [1.807, 2.05) is 0 Å². The van der Waals surface area contributed by atoms with Crippen molar-refractivity contribution in [2.24, 2.45) is 0 Å². The molecule has 1 saturated heterocycles. The second-order valence-corrected chi connectivity index (χ2v) is 5.87. The van der Waals surface area contributed by atoms with Crippen molar-refractivity contribution in [3.05, 3.63) is 0 Å². The van der Waals surface area contributed by atoms with Crippen LogP contribution in [0.25, 0.3) is 0 Å². The summed E-state index contributed by atoms with van der Waals surface area (Å²) in [5.74, 6) is 0. The molecule has 0 aromatic carbocycles. The molecular formula is C14H27IO. The Morgan fingerprint density at radius 1 is 0.812 bits per heavy atom. The lowest BCUT2D eigenvalue weighted by Crippen LogP contribution is -1.94. The number of hydrogen-bond donors (Lipinski definition) is 0. The van der Waals surface area contributed by atoms with E-state index in [9.17, 15) is 0 Å². The van der Waals surface area contributed by atoms with Gasteiger partial charge >= 0.3 is 0 Å². The molecule has 0 N–H and O–H groups in total. The average Bonchev–Trinajstić information content (AvgIpc) is 3.05. The summed E-state index contributed by atoms with van der Waals surface area (Å²) >= 11 is 2.42. The fraction of sp³-hybridized carbons (Fsp3) is 1.00. The van der Waals surface area contributed by atoms with Crippen LogP contribution in [0.2, 0.25) is 0 Å². The Bertz CT molecular complexity index is 161. The lowest BCUT2D eigenvalue weighted by molar-refractivity contribution is 0.366. The lowest BCUT2D eigenvalue weighted by atomic mass is 10.1. The van der Waals surface area contributed by atoms with Gasteiger partial charge in [-0.05, 0) is 6.42 Å². The Balaban J connectivity index is 1.69. The minimum atomic E-state index is 0.606. The third kappa shape index (κ3) is 7.10. The lowest BCUT2D eigenvalue weighted by Gasteiger charge is -2.00. The third-order valence-electron chi connectivity index (χ3n) is 3.43. The second-order valence-electron chi connectivity index (χ2n) is 4.98. The third-order valence-corrected chi connectivity index (χ3v) is 4.30. The summed E-state index contributed by atoms with van der Waals surface area (Å²) in [6, 6.07) is 0. The van der Waals surface area contributed by atoms with Crippen LogP contribution in [0.4, 0.5) is 0 Å². The van der Waals surface area contributed by atoms with Gasteiger partial charge in [0.1, 0.15) is 0 Å². The van der Waals surface area contributed by atoms with Crippen molar-refractivity contribution in [3.63, 3.8) is 0 Å². The van der Waals surface area contributed by atoms with E-state index in [-0.39, 0.29) is 0 Å². The van der Waals surface area contributed by atoms with Gasteiger partial charge in [-0.2, -0.15) is 0 Å². The zero-order chi connectivity index (χ0) is 11.6. The molecule has 0 spiro atoms. The van der Waals surface area contributed by atoms with Crippen LogP contribution in [-0.4, -0.2) is 16.6 Å². The molecule has 0 aromatic rings. The molecule has 2 atom stereocenters. The normalized spacial score (nSPS) is 23.6. The van der Waals surface area contributed by atoms with Gasteiger partial charge in [0, 0.05) is 4.43 Å². The highest BCUT2D eigenvalue weighted by Crippen LogP contribution is 2.28. The first kappa shape index (κ1) is 14.7. The molecule has 0 bridgehead atoms. The maximum Gasteiger partial charge on any atom is 0.0931 e. The van der Waals surface area contributed by atoms with E-state index in [1.165, 1.54) is 68.6 Å². The molecule has 2 heteroatoms. The Morgan fingerprint density at radius 2 is 1.38 bits per heavy atom. The summed E-state index contributed by atoms with van der Waals surface area (Å²) in [5, 5.41) is 0. The fourth-order valence-electron chi connectivity index (χ4n) is 2.23. The number of alkyl halides is 1. The van der Waals surface area contributed by atoms with Crippen LogP contribution in [0, 0.1) is 0 Å². The zero-order valence-electron chi connectivity index (χ0n) is 10.7. The number of rotatable bonds is 11. The molecule has 1 aliphatic heterocycles. The molecule has 0 amide bonds. The Kier molecular flexibility index (Phi) is 8.94. The van der Waals surface area contributed by atoms with Crippen molar-refractivity contribution in [3.8, 4) is 0 Å². The van der Waals surface area contributed by atoms with Gasteiger partial charge in [-0.25, -0.2) is 0 Å². The van der Waals surface area contributed by atoms with Crippen molar-refractivity contribution >= 4 is 22.6 Å². The molecule has 1 fully saturated rings. The first-order valence-corrected chi connectivity index (χ1v) is 8.62. The maximum atomic E-state index is 5.53. The molecular weight excluding hydrogens is 311 g/mol. The van der Waals surface area contributed by atoms with Gasteiger partial charge in [-0.3, -0.25) is 0 Å². The molecule has 96 valence electrons. The summed E-state index contributed by atoms with van der Waals surface area (Å²) in [5.41, 5.74) is 0. The molecule has 0 radical (unpaired) electrons. The average molecular weight is 338 g/mol. The van der Waals surface area contributed by atoms with Crippen molar-refractivity contribution in [1.29, 1.82) is 0 Å². The molecule has 1 aliphatic rings. The van der Waals surface area contributed by atoms with E-state index in [0.29, 0.717) is 12.2 Å². The standard InChI is InChI=1S/C14H27IO/c1-2-3-4-5-6-7-8-9-10-11-13-14(12-15)16-13/h13-14H,2-12H2,1H3/t13-,14+/m1/s1. The second kappa shape index (κ2) is 9.69. The molecule has 16 heavy (non-hydrogen) atoms. The highest BCUT2D eigenvalue weighted by molar-refractivity contribution is 14.1. The fourth-order valence-corrected chi connectivity index (χ4v) is 3.00. The van der Waals surface area contributed by atoms with Gasteiger partial charge in [0.05, 0.1) is 12.2 Å². The van der Waals surface area contributed by atoms with E-state index in [0.717, 1.165) is 0 Å². The van der Waals surface area contributed by atoms with E-state index in [1.54, 1.807) is 0 Å². The van der Waals surface area contributed by atoms with Crippen LogP contribution in [0.3, 0.4) is 0 Å². The molecule has 0 unspecified atom stereocenters. The minimum absolute atomic E-state index is 0.606. The van der Waals surface area contributed by atoms with Gasteiger partial charge in [0.2, 0.25) is 0 Å². The highest BCUT2D eigenvalue weighted by atomic mass is 127. The summed E-state index contributed by atoms with van der Waals surface area (Å²) in [4.78, 5) is 0. The molecule has 0 saturated carbocycles. The summed E-state index contributed by atoms with van der Waals surface area (Å²) < 4.78 is 6.71. The number of epoxide rings is 1. The summed E-state index contributed by atoms with van der Waals surface area (Å²) in [7, 11) is 0. The molecule has 1 rings (SSSR count). The molecule has 0 aromatic heterocycles. The van der Waals surface area contributed by atoms with Crippen LogP contribution in [0.5, 0.6) is 0 Å². The highest BCUT2D eigenvalue weighted by Gasteiger charge is 2.36. The topological polar surface area (TPSA) is 12.5 Å². The Morgan fingerprint density at radius 3 is 1.88 bits per heavy atom. The summed E-state index contributed by atoms with van der Waals surface area (Å²) in [6.45, 7) is 2.28. The van der Waals surface area contributed by atoms with Crippen LogP contribution < -0.4 is 0 Å². The summed E-state index contributed by atoms with van der Waals surface area (Å²) in [6.07, 6.45) is 15.4. The van der Waals surface area contributed by atoms with Crippen molar-refractivity contribution in [1.82, 2.24) is 0 Å². The first-order valence-electron chi connectivity index (χ1n) is 7.10. The number of halogens is 1. The van der Waals surface area contributed by atoms with E-state index >= 15 is 0 Å². The van der Waals surface area contributed by atoms with Crippen LogP contribution >= 0.6 is 22.6 Å². The SMILES string of the molecule is CCCCCCCCCCC[C@H]1O[C@H]1CI. The van der Waals surface area contributed by atoms with Gasteiger partial charge < -0.3 is 4.74 Å².